The van der Waals surface area contributed by atoms with E-state index >= 15 is 0 Å². The number of aromatic nitrogens is 2. The minimum atomic E-state index is -4.56. The predicted molar refractivity (Wildman–Crippen MR) is 125 cm³/mol. The molecule has 0 N–H and O–H groups in total. The molecule has 10 heteroatoms. The number of halogens is 3. The summed E-state index contributed by atoms with van der Waals surface area (Å²) in [6.07, 6.45) is 4.01. The average Bonchev–Trinajstić information content (AvgIpc) is 3.22. The summed E-state index contributed by atoms with van der Waals surface area (Å²) in [7, 11) is 0. The monoisotopic (exact) mass is 484 g/mol. The molecule has 3 rings (SSSR count). The lowest BCUT2D eigenvalue weighted by molar-refractivity contribution is -0.142. The van der Waals surface area contributed by atoms with E-state index in [1.54, 1.807) is 31.0 Å². The zero-order valence-corrected chi connectivity index (χ0v) is 19.9. The van der Waals surface area contributed by atoms with Crippen LogP contribution in [0.4, 0.5) is 13.2 Å². The van der Waals surface area contributed by atoms with Gasteiger partial charge in [-0.1, -0.05) is 37.3 Å². The van der Waals surface area contributed by atoms with Gasteiger partial charge >= 0.3 is 6.18 Å². The number of ether oxygens (including phenoxy) is 1. The van der Waals surface area contributed by atoms with E-state index < -0.39 is 24.3 Å². The summed E-state index contributed by atoms with van der Waals surface area (Å²) in [5, 5.41) is 0. The Morgan fingerprint density at radius 1 is 1.24 bits per heavy atom. The lowest BCUT2D eigenvalue weighted by atomic mass is 9.99. The molecule has 0 spiro atoms. The smallest absolute Gasteiger partial charge is 0.406 e. The van der Waals surface area contributed by atoms with Gasteiger partial charge in [0.05, 0.1) is 18.8 Å². The first-order chi connectivity index (χ1) is 15.7. The third-order valence-electron chi connectivity index (χ3n) is 6.26. The minimum absolute atomic E-state index is 0.0617. The highest BCUT2D eigenvalue weighted by molar-refractivity contribution is 7.96. The minimum Gasteiger partial charge on any atom is -0.486 e. The van der Waals surface area contributed by atoms with E-state index in [1.165, 1.54) is 6.20 Å². The highest BCUT2D eigenvalue weighted by Crippen LogP contribution is 2.29. The van der Waals surface area contributed by atoms with Crippen LogP contribution in [-0.4, -0.2) is 64.0 Å². The predicted octanol–water partition coefficient (Wildman–Crippen LogP) is 4.22. The highest BCUT2D eigenvalue weighted by Gasteiger charge is 2.34. The molecule has 0 aromatic carbocycles. The SMILES string of the molecule is C=CC1=C(C=C)CN(C(C)c2ncc(OCC3CCN(SC)CC3)c(=O)n2CC(F)(F)F)C1. The van der Waals surface area contributed by atoms with Gasteiger partial charge in [0.1, 0.15) is 12.4 Å². The molecule has 0 bridgehead atoms. The van der Waals surface area contributed by atoms with E-state index in [4.69, 9.17) is 4.74 Å². The van der Waals surface area contributed by atoms with Crippen LogP contribution in [0, 0.1) is 5.92 Å². The molecular formula is C23H31F3N4O2S. The van der Waals surface area contributed by atoms with E-state index in [1.807, 2.05) is 11.2 Å². The first-order valence-corrected chi connectivity index (χ1v) is 12.1. The number of rotatable bonds is 9. The van der Waals surface area contributed by atoms with E-state index in [-0.39, 0.29) is 17.5 Å². The summed E-state index contributed by atoms with van der Waals surface area (Å²) >= 11 is 1.69. The summed E-state index contributed by atoms with van der Waals surface area (Å²) in [4.78, 5) is 19.2. The van der Waals surface area contributed by atoms with Crippen LogP contribution in [0.25, 0.3) is 0 Å². The fraction of sp³-hybridized carbons (Fsp3) is 0.565. The van der Waals surface area contributed by atoms with E-state index in [9.17, 15) is 18.0 Å². The van der Waals surface area contributed by atoms with Crippen LogP contribution in [0.5, 0.6) is 5.75 Å². The molecule has 0 saturated carbocycles. The maximum Gasteiger partial charge on any atom is 0.406 e. The quantitative estimate of drug-likeness (QED) is 0.490. The zero-order chi connectivity index (χ0) is 24.2. The summed E-state index contributed by atoms with van der Waals surface area (Å²) < 4.78 is 48.8. The maximum atomic E-state index is 13.4. The van der Waals surface area contributed by atoms with Crippen LogP contribution in [0.15, 0.2) is 47.4 Å². The van der Waals surface area contributed by atoms with Gasteiger partial charge in [0, 0.05) is 26.2 Å². The highest BCUT2D eigenvalue weighted by atomic mass is 32.2. The number of nitrogens with zero attached hydrogens (tertiary/aromatic N) is 4. The molecule has 2 aliphatic heterocycles. The number of hydrogen-bond donors (Lipinski definition) is 0. The van der Waals surface area contributed by atoms with Gasteiger partial charge in [-0.25, -0.2) is 4.98 Å². The maximum absolute atomic E-state index is 13.4. The van der Waals surface area contributed by atoms with Gasteiger partial charge in [0.2, 0.25) is 5.75 Å². The van der Waals surface area contributed by atoms with Gasteiger partial charge in [-0.2, -0.15) is 13.2 Å². The van der Waals surface area contributed by atoms with Crippen molar-refractivity contribution in [3.8, 4) is 5.75 Å². The zero-order valence-electron chi connectivity index (χ0n) is 19.1. The normalized spacial score (nSPS) is 19.7. The van der Waals surface area contributed by atoms with Crippen molar-refractivity contribution in [2.45, 2.75) is 38.5 Å². The molecule has 2 aliphatic rings. The Morgan fingerprint density at radius 3 is 2.36 bits per heavy atom. The molecule has 1 aromatic rings. The molecule has 1 unspecified atom stereocenters. The molecule has 0 aliphatic carbocycles. The largest absolute Gasteiger partial charge is 0.486 e. The molecule has 1 saturated heterocycles. The van der Waals surface area contributed by atoms with Crippen molar-refractivity contribution in [3.63, 3.8) is 0 Å². The lowest BCUT2D eigenvalue weighted by Gasteiger charge is -2.30. The van der Waals surface area contributed by atoms with Crippen molar-refractivity contribution in [2.75, 3.05) is 39.0 Å². The number of hydrogen-bond acceptors (Lipinski definition) is 6. The molecule has 3 heterocycles. The Morgan fingerprint density at radius 2 is 1.85 bits per heavy atom. The van der Waals surface area contributed by atoms with Gasteiger partial charge in [-0.15, -0.1) is 0 Å². The Hall–Kier alpha value is -2.04. The Balaban J connectivity index is 1.80. The Labute approximate surface area is 196 Å². The number of alkyl halides is 3. The fourth-order valence-electron chi connectivity index (χ4n) is 4.24. The molecule has 1 fully saturated rings. The average molecular weight is 485 g/mol. The molecule has 33 heavy (non-hydrogen) atoms. The van der Waals surface area contributed by atoms with Crippen LogP contribution < -0.4 is 10.3 Å². The van der Waals surface area contributed by atoms with Gasteiger partial charge < -0.3 is 4.74 Å². The van der Waals surface area contributed by atoms with E-state index in [0.717, 1.165) is 37.1 Å². The molecule has 1 atom stereocenters. The summed E-state index contributed by atoms with van der Waals surface area (Å²) in [5.74, 6) is 0.181. The second kappa shape index (κ2) is 10.9. The second-order valence-corrected chi connectivity index (χ2v) is 9.27. The van der Waals surface area contributed by atoms with Crippen molar-refractivity contribution in [1.29, 1.82) is 0 Å². The standard InChI is InChI=1S/C23H31F3N4O2S/c1-5-18-12-28(13-19(18)6-2)16(3)21-27-11-20(22(31)30(21)15-23(24,25)26)32-14-17-7-9-29(33-4)10-8-17/h5-6,11,16-17H,1-2,7-10,12-15H2,3-4H3. The molecule has 0 radical (unpaired) electrons. The van der Waals surface area contributed by atoms with E-state index in [2.05, 4.69) is 22.4 Å². The topological polar surface area (TPSA) is 50.6 Å². The van der Waals surface area contributed by atoms with Crippen molar-refractivity contribution in [3.05, 3.63) is 58.8 Å². The van der Waals surface area contributed by atoms with Gasteiger partial charge in [0.15, 0.2) is 0 Å². The van der Waals surface area contributed by atoms with Crippen LogP contribution in [0.3, 0.4) is 0 Å². The molecule has 1 aromatic heterocycles. The lowest BCUT2D eigenvalue weighted by Crippen LogP contribution is -2.37. The van der Waals surface area contributed by atoms with Gasteiger partial charge in [0.25, 0.3) is 5.56 Å². The number of piperidine rings is 1. The second-order valence-electron chi connectivity index (χ2n) is 8.39. The van der Waals surface area contributed by atoms with Crippen molar-refractivity contribution in [1.82, 2.24) is 18.8 Å². The van der Waals surface area contributed by atoms with Crippen molar-refractivity contribution < 1.29 is 17.9 Å². The summed E-state index contributed by atoms with van der Waals surface area (Å²) in [6.45, 7) is 11.1. The molecule has 182 valence electrons. The van der Waals surface area contributed by atoms with Crippen molar-refractivity contribution >= 4 is 11.9 Å². The van der Waals surface area contributed by atoms with E-state index in [0.29, 0.717) is 24.3 Å². The van der Waals surface area contributed by atoms with Gasteiger partial charge in [-0.05, 0) is 43.1 Å². The summed E-state index contributed by atoms with van der Waals surface area (Å²) in [6, 6.07) is -0.516. The van der Waals surface area contributed by atoms with Crippen molar-refractivity contribution in [2.24, 2.45) is 5.92 Å². The molecule has 6 nitrogen and oxygen atoms in total. The Kier molecular flexibility index (Phi) is 8.47. The van der Waals surface area contributed by atoms with Gasteiger partial charge in [-0.3, -0.25) is 18.6 Å². The fourth-order valence-corrected chi connectivity index (χ4v) is 4.82. The Bertz CT molecular complexity index is 932. The first-order valence-electron chi connectivity index (χ1n) is 11.0. The van der Waals surface area contributed by atoms with Crippen LogP contribution in [-0.2, 0) is 6.54 Å². The van der Waals surface area contributed by atoms with Crippen LogP contribution in [0.1, 0.15) is 31.6 Å². The van der Waals surface area contributed by atoms with Crippen LogP contribution >= 0.6 is 11.9 Å². The molecule has 0 amide bonds. The third-order valence-corrected chi connectivity index (χ3v) is 7.15. The molecular weight excluding hydrogens is 453 g/mol. The summed E-state index contributed by atoms with van der Waals surface area (Å²) in [5.41, 5.74) is 1.13. The van der Waals surface area contributed by atoms with Crippen LogP contribution in [0.2, 0.25) is 0 Å². The third kappa shape index (κ3) is 6.30. The first kappa shape index (κ1) is 25.6.